The molecule has 1 aromatic rings. The monoisotopic (exact) mass is 359 g/mol. The number of rotatable bonds is 6. The third-order valence-corrected chi connectivity index (χ3v) is 4.58. The summed E-state index contributed by atoms with van der Waals surface area (Å²) in [5.41, 5.74) is 2.41. The van der Waals surface area contributed by atoms with E-state index in [1.54, 1.807) is 30.0 Å². The van der Waals surface area contributed by atoms with E-state index in [2.05, 4.69) is 6.58 Å². The SMILES string of the molecule is C=C(C)CN(CC)C(=O)C[C@H]1COc2ccc(C(=O)N(C)C)cc2N1C. The summed E-state index contributed by atoms with van der Waals surface area (Å²) < 4.78 is 5.84. The van der Waals surface area contributed by atoms with Gasteiger partial charge in [-0.2, -0.15) is 0 Å². The fourth-order valence-corrected chi connectivity index (χ4v) is 3.03. The minimum atomic E-state index is -0.0705. The highest BCUT2D eigenvalue weighted by Gasteiger charge is 2.29. The molecule has 0 fully saturated rings. The zero-order valence-electron chi connectivity index (χ0n) is 16.4. The molecule has 6 heteroatoms. The van der Waals surface area contributed by atoms with Gasteiger partial charge in [-0.05, 0) is 32.0 Å². The van der Waals surface area contributed by atoms with Gasteiger partial charge >= 0.3 is 0 Å². The molecule has 2 rings (SSSR count). The summed E-state index contributed by atoms with van der Waals surface area (Å²) in [7, 11) is 5.40. The maximum atomic E-state index is 12.6. The number of hydrogen-bond acceptors (Lipinski definition) is 4. The van der Waals surface area contributed by atoms with Crippen LogP contribution in [-0.2, 0) is 4.79 Å². The minimum Gasteiger partial charge on any atom is -0.489 e. The summed E-state index contributed by atoms with van der Waals surface area (Å²) >= 11 is 0. The summed E-state index contributed by atoms with van der Waals surface area (Å²) in [4.78, 5) is 30.3. The largest absolute Gasteiger partial charge is 0.489 e. The average Bonchev–Trinajstić information content (AvgIpc) is 2.60. The van der Waals surface area contributed by atoms with E-state index in [4.69, 9.17) is 4.74 Å². The van der Waals surface area contributed by atoms with Crippen molar-refractivity contribution in [2.45, 2.75) is 26.3 Å². The lowest BCUT2D eigenvalue weighted by molar-refractivity contribution is -0.131. The van der Waals surface area contributed by atoms with E-state index < -0.39 is 0 Å². The van der Waals surface area contributed by atoms with Crippen molar-refractivity contribution in [2.24, 2.45) is 0 Å². The van der Waals surface area contributed by atoms with Gasteiger partial charge in [-0.1, -0.05) is 12.2 Å². The Labute approximate surface area is 156 Å². The lowest BCUT2D eigenvalue weighted by atomic mass is 10.1. The molecular weight excluding hydrogens is 330 g/mol. The Hall–Kier alpha value is -2.50. The molecule has 0 spiro atoms. The molecule has 1 heterocycles. The number of ether oxygens (including phenoxy) is 1. The fraction of sp³-hybridized carbons (Fsp3) is 0.500. The maximum Gasteiger partial charge on any atom is 0.253 e. The Morgan fingerprint density at radius 3 is 2.62 bits per heavy atom. The van der Waals surface area contributed by atoms with Gasteiger partial charge in [0.05, 0.1) is 18.2 Å². The molecule has 6 nitrogen and oxygen atoms in total. The van der Waals surface area contributed by atoms with E-state index in [1.165, 1.54) is 0 Å². The molecule has 26 heavy (non-hydrogen) atoms. The fourth-order valence-electron chi connectivity index (χ4n) is 3.03. The van der Waals surface area contributed by atoms with Crippen LogP contribution in [0.5, 0.6) is 5.75 Å². The number of anilines is 1. The van der Waals surface area contributed by atoms with Gasteiger partial charge in [0.25, 0.3) is 5.91 Å². The van der Waals surface area contributed by atoms with Gasteiger partial charge in [0, 0.05) is 39.8 Å². The molecule has 0 aromatic heterocycles. The van der Waals surface area contributed by atoms with E-state index >= 15 is 0 Å². The number of hydrogen-bond donors (Lipinski definition) is 0. The first-order chi connectivity index (χ1) is 12.2. The molecule has 1 aliphatic rings. The van der Waals surface area contributed by atoms with Gasteiger partial charge < -0.3 is 19.4 Å². The quantitative estimate of drug-likeness (QED) is 0.732. The number of fused-ring (bicyclic) bond motifs is 1. The third kappa shape index (κ3) is 4.36. The summed E-state index contributed by atoms with van der Waals surface area (Å²) in [5.74, 6) is 0.763. The van der Waals surface area contributed by atoms with Gasteiger partial charge in [0.1, 0.15) is 12.4 Å². The summed E-state index contributed by atoms with van der Waals surface area (Å²) in [5, 5.41) is 0. The first kappa shape index (κ1) is 19.8. The van der Waals surface area contributed by atoms with E-state index in [-0.39, 0.29) is 17.9 Å². The topological polar surface area (TPSA) is 53.1 Å². The van der Waals surface area contributed by atoms with Gasteiger partial charge in [0.15, 0.2) is 0 Å². The zero-order chi connectivity index (χ0) is 19.4. The van der Waals surface area contributed by atoms with Crippen LogP contribution in [0.4, 0.5) is 5.69 Å². The van der Waals surface area contributed by atoms with Crippen molar-refractivity contribution in [3.8, 4) is 5.75 Å². The van der Waals surface area contributed by atoms with Crippen LogP contribution in [0, 0.1) is 0 Å². The first-order valence-electron chi connectivity index (χ1n) is 8.88. The molecule has 142 valence electrons. The van der Waals surface area contributed by atoms with Gasteiger partial charge in [-0.15, -0.1) is 0 Å². The number of nitrogens with zero attached hydrogens (tertiary/aromatic N) is 3. The Balaban J connectivity index is 2.16. The highest BCUT2D eigenvalue weighted by Crippen LogP contribution is 2.34. The average molecular weight is 359 g/mol. The van der Waals surface area contributed by atoms with Crippen molar-refractivity contribution >= 4 is 17.5 Å². The van der Waals surface area contributed by atoms with Crippen LogP contribution in [0.3, 0.4) is 0 Å². The first-order valence-corrected chi connectivity index (χ1v) is 8.88. The van der Waals surface area contributed by atoms with Crippen LogP contribution in [0.1, 0.15) is 30.6 Å². The van der Waals surface area contributed by atoms with Gasteiger partial charge in [-0.25, -0.2) is 0 Å². The van der Waals surface area contributed by atoms with Crippen molar-refractivity contribution in [3.63, 3.8) is 0 Å². The number of carbonyl (C=O) groups is 2. The maximum absolute atomic E-state index is 12.6. The number of likely N-dealkylation sites (N-methyl/N-ethyl adjacent to an activating group) is 2. The predicted molar refractivity (Wildman–Crippen MR) is 104 cm³/mol. The van der Waals surface area contributed by atoms with E-state index in [0.717, 1.165) is 17.0 Å². The van der Waals surface area contributed by atoms with Crippen molar-refractivity contribution < 1.29 is 14.3 Å². The van der Waals surface area contributed by atoms with Crippen LogP contribution >= 0.6 is 0 Å². The van der Waals surface area contributed by atoms with Crippen molar-refractivity contribution in [2.75, 3.05) is 45.7 Å². The van der Waals surface area contributed by atoms with Crippen molar-refractivity contribution in [1.82, 2.24) is 9.80 Å². The molecule has 0 N–H and O–H groups in total. The van der Waals surface area contributed by atoms with E-state index in [9.17, 15) is 9.59 Å². The van der Waals surface area contributed by atoms with E-state index in [1.807, 2.05) is 37.9 Å². The number of amides is 2. The molecule has 1 aliphatic heterocycles. The summed E-state index contributed by atoms with van der Waals surface area (Å²) in [6.07, 6.45) is 0.364. The van der Waals surface area contributed by atoms with Crippen LogP contribution in [-0.4, -0.2) is 68.5 Å². The third-order valence-electron chi connectivity index (χ3n) is 4.58. The molecule has 0 aliphatic carbocycles. The smallest absolute Gasteiger partial charge is 0.253 e. The minimum absolute atomic E-state index is 0.0574. The van der Waals surface area contributed by atoms with Crippen LogP contribution in [0.2, 0.25) is 0 Å². The molecule has 1 aromatic carbocycles. The summed E-state index contributed by atoms with van der Waals surface area (Å²) in [6, 6.07) is 5.35. The van der Waals surface area contributed by atoms with Gasteiger partial charge in [0.2, 0.25) is 5.91 Å². The Kier molecular flexibility index (Phi) is 6.29. The molecule has 0 saturated carbocycles. The molecule has 2 amide bonds. The summed E-state index contributed by atoms with van der Waals surface area (Å²) in [6.45, 7) is 9.46. The van der Waals surface area contributed by atoms with Crippen LogP contribution in [0.25, 0.3) is 0 Å². The lowest BCUT2D eigenvalue weighted by Crippen LogP contribution is -2.45. The van der Waals surface area contributed by atoms with Crippen molar-refractivity contribution in [1.29, 1.82) is 0 Å². The van der Waals surface area contributed by atoms with Crippen LogP contribution < -0.4 is 9.64 Å². The molecule has 0 radical (unpaired) electrons. The second-order valence-electron chi connectivity index (χ2n) is 7.03. The highest BCUT2D eigenvalue weighted by atomic mass is 16.5. The second-order valence-corrected chi connectivity index (χ2v) is 7.03. The van der Waals surface area contributed by atoms with Crippen molar-refractivity contribution in [3.05, 3.63) is 35.9 Å². The Bertz CT molecular complexity index is 700. The zero-order valence-corrected chi connectivity index (χ0v) is 16.4. The molecule has 1 atom stereocenters. The predicted octanol–water partition coefficient (Wildman–Crippen LogP) is 2.40. The highest BCUT2D eigenvalue weighted by molar-refractivity contribution is 5.95. The lowest BCUT2D eigenvalue weighted by Gasteiger charge is -2.36. The standard InChI is InChI=1S/C20H29N3O3/c1-7-23(12-14(2)3)19(24)11-16-13-26-18-9-8-15(20(25)21(4)5)10-17(18)22(16)6/h8-10,16H,2,7,11-13H2,1,3-6H3/t16-/m0/s1. The van der Waals surface area contributed by atoms with Gasteiger partial charge in [-0.3, -0.25) is 9.59 Å². The number of benzene rings is 1. The molecule has 0 saturated heterocycles. The second kappa shape index (κ2) is 8.25. The molecule has 0 unspecified atom stereocenters. The molecule has 0 bridgehead atoms. The molecular formula is C20H29N3O3. The van der Waals surface area contributed by atoms with Crippen LogP contribution in [0.15, 0.2) is 30.4 Å². The Morgan fingerprint density at radius 2 is 2.04 bits per heavy atom. The van der Waals surface area contributed by atoms with E-state index in [0.29, 0.717) is 31.7 Å². The Morgan fingerprint density at radius 1 is 1.35 bits per heavy atom. The number of carbonyl (C=O) groups excluding carboxylic acids is 2. The normalized spacial score (nSPS) is 15.7.